The third-order valence-corrected chi connectivity index (χ3v) is 7.34. The molecule has 1 aliphatic rings. The van der Waals surface area contributed by atoms with Crippen molar-refractivity contribution in [3.05, 3.63) is 64.8 Å². The summed E-state index contributed by atoms with van der Waals surface area (Å²) in [6.45, 7) is 2.16. The van der Waals surface area contributed by atoms with Crippen LogP contribution in [0.25, 0.3) is 10.9 Å². The zero-order chi connectivity index (χ0) is 24.8. The third-order valence-electron chi connectivity index (χ3n) is 7.34. The molecule has 3 aromatic rings. The Hall–Kier alpha value is -2.67. The Morgan fingerprint density at radius 2 is 1.94 bits per heavy atom. The Labute approximate surface area is 207 Å². The molecule has 2 atom stereocenters. The quantitative estimate of drug-likeness (QED) is 0.231. The SMILES string of the molecule is CC(Cc1ccc2[nH]c(C(=O)CCCC3CCCC3)cc2c1)NC[C@H](O)c1ccc(O)c(CO)c1. The van der Waals surface area contributed by atoms with Crippen molar-refractivity contribution < 1.29 is 20.1 Å². The number of aliphatic hydroxyl groups excluding tert-OH is 2. The van der Waals surface area contributed by atoms with Gasteiger partial charge in [-0.05, 0) is 67.1 Å². The average molecular weight is 479 g/mol. The molecule has 35 heavy (non-hydrogen) atoms. The number of phenols is 1. The van der Waals surface area contributed by atoms with E-state index in [1.807, 2.05) is 12.1 Å². The number of rotatable bonds is 12. The first-order valence-corrected chi connectivity index (χ1v) is 12.9. The van der Waals surface area contributed by atoms with Crippen LogP contribution in [0.1, 0.15) is 85.2 Å². The predicted molar refractivity (Wildman–Crippen MR) is 139 cm³/mol. The number of aromatic hydroxyl groups is 1. The van der Waals surface area contributed by atoms with Crippen molar-refractivity contribution in [2.75, 3.05) is 6.54 Å². The van der Waals surface area contributed by atoms with Gasteiger partial charge in [0.2, 0.25) is 0 Å². The summed E-state index contributed by atoms with van der Waals surface area (Å²) in [6, 6.07) is 13.1. The molecule has 2 aromatic carbocycles. The van der Waals surface area contributed by atoms with E-state index in [4.69, 9.17) is 0 Å². The van der Waals surface area contributed by atoms with E-state index in [-0.39, 0.29) is 24.2 Å². The van der Waals surface area contributed by atoms with E-state index in [9.17, 15) is 20.1 Å². The first-order chi connectivity index (χ1) is 16.9. The van der Waals surface area contributed by atoms with Crippen LogP contribution in [0.5, 0.6) is 5.75 Å². The number of H-pyrrole nitrogens is 1. The maximum Gasteiger partial charge on any atom is 0.179 e. The number of nitrogens with one attached hydrogen (secondary N) is 2. The molecule has 1 fully saturated rings. The Morgan fingerprint density at radius 3 is 2.71 bits per heavy atom. The summed E-state index contributed by atoms with van der Waals surface area (Å²) in [5.41, 5.74) is 3.91. The van der Waals surface area contributed by atoms with E-state index < -0.39 is 6.10 Å². The number of carbonyl (C=O) groups is 1. The standard InChI is InChI=1S/C29H38N2O4/c1-19(30-17-29(35)22-10-12-27(33)24(15-22)18-32)13-21-9-11-25-23(14-21)16-26(31-25)28(34)8-4-7-20-5-2-3-6-20/h9-12,14-16,19-20,29-33,35H,2-8,13,17-18H2,1H3/t19?,29-/m0/s1. The van der Waals surface area contributed by atoms with Crippen molar-refractivity contribution in [3.63, 3.8) is 0 Å². The molecule has 1 aromatic heterocycles. The molecule has 1 unspecified atom stereocenters. The molecule has 0 aliphatic heterocycles. The molecular weight excluding hydrogens is 440 g/mol. The van der Waals surface area contributed by atoms with Crippen LogP contribution < -0.4 is 5.32 Å². The number of Topliss-reactive ketones (excluding diaryl/α,β-unsaturated/α-hetero) is 1. The minimum absolute atomic E-state index is 0.0267. The molecule has 6 nitrogen and oxygen atoms in total. The number of ketones is 1. The summed E-state index contributed by atoms with van der Waals surface area (Å²) in [5, 5.41) is 33.9. The van der Waals surface area contributed by atoms with E-state index in [1.54, 1.807) is 12.1 Å². The van der Waals surface area contributed by atoms with Crippen LogP contribution in [0.15, 0.2) is 42.5 Å². The zero-order valence-corrected chi connectivity index (χ0v) is 20.6. The van der Waals surface area contributed by atoms with Crippen LogP contribution >= 0.6 is 0 Å². The second-order valence-corrected chi connectivity index (χ2v) is 10.1. The molecule has 0 bridgehead atoms. The normalized spacial score (nSPS) is 16.1. The van der Waals surface area contributed by atoms with E-state index in [0.717, 1.165) is 29.7 Å². The van der Waals surface area contributed by atoms with Gasteiger partial charge in [-0.2, -0.15) is 0 Å². The molecule has 1 heterocycles. The van der Waals surface area contributed by atoms with Gasteiger partial charge in [0.15, 0.2) is 5.78 Å². The molecular formula is C29H38N2O4. The fourth-order valence-electron chi connectivity index (χ4n) is 5.24. The van der Waals surface area contributed by atoms with Gasteiger partial charge in [0.25, 0.3) is 0 Å². The molecule has 4 rings (SSSR count). The summed E-state index contributed by atoms with van der Waals surface area (Å²) in [6.07, 6.45) is 8.17. The highest BCUT2D eigenvalue weighted by Crippen LogP contribution is 2.29. The first kappa shape index (κ1) is 25.4. The number of aliphatic hydroxyl groups is 2. The van der Waals surface area contributed by atoms with Crippen LogP contribution in [0.3, 0.4) is 0 Å². The van der Waals surface area contributed by atoms with E-state index in [2.05, 4.69) is 29.4 Å². The lowest BCUT2D eigenvalue weighted by molar-refractivity contribution is 0.0973. The highest BCUT2D eigenvalue weighted by molar-refractivity contribution is 5.99. The number of benzene rings is 2. The van der Waals surface area contributed by atoms with Crippen LogP contribution in [-0.2, 0) is 13.0 Å². The minimum Gasteiger partial charge on any atom is -0.508 e. The average Bonchev–Trinajstić information content (AvgIpc) is 3.52. The molecule has 6 heteroatoms. The van der Waals surface area contributed by atoms with Gasteiger partial charge in [-0.1, -0.05) is 44.2 Å². The van der Waals surface area contributed by atoms with Gasteiger partial charge < -0.3 is 25.6 Å². The Morgan fingerprint density at radius 1 is 1.14 bits per heavy atom. The maximum atomic E-state index is 12.7. The topological polar surface area (TPSA) is 106 Å². The highest BCUT2D eigenvalue weighted by Gasteiger charge is 2.17. The van der Waals surface area contributed by atoms with Gasteiger partial charge in [0.05, 0.1) is 18.4 Å². The summed E-state index contributed by atoms with van der Waals surface area (Å²) < 4.78 is 0. The van der Waals surface area contributed by atoms with Crippen molar-refractivity contribution in [3.8, 4) is 5.75 Å². The monoisotopic (exact) mass is 478 g/mol. The lowest BCUT2D eigenvalue weighted by Crippen LogP contribution is -2.32. The fourth-order valence-corrected chi connectivity index (χ4v) is 5.24. The number of hydrogen-bond acceptors (Lipinski definition) is 5. The third kappa shape index (κ3) is 6.72. The Bertz CT molecular complexity index is 1130. The van der Waals surface area contributed by atoms with Gasteiger partial charge in [-0.25, -0.2) is 0 Å². The lowest BCUT2D eigenvalue weighted by Gasteiger charge is -2.18. The molecule has 0 amide bonds. The molecule has 1 saturated carbocycles. The number of aromatic nitrogens is 1. The predicted octanol–water partition coefficient (Wildman–Crippen LogP) is 5.16. The zero-order valence-electron chi connectivity index (χ0n) is 20.6. The van der Waals surface area contributed by atoms with E-state index >= 15 is 0 Å². The largest absolute Gasteiger partial charge is 0.508 e. The Kier molecular flexibility index (Phi) is 8.60. The van der Waals surface area contributed by atoms with Gasteiger partial charge in [-0.15, -0.1) is 0 Å². The fraction of sp³-hybridized carbons (Fsp3) is 0.483. The molecule has 0 spiro atoms. The lowest BCUT2D eigenvalue weighted by atomic mass is 9.99. The second kappa shape index (κ2) is 11.8. The second-order valence-electron chi connectivity index (χ2n) is 10.1. The smallest absolute Gasteiger partial charge is 0.179 e. The van der Waals surface area contributed by atoms with Crippen molar-refractivity contribution in [1.82, 2.24) is 10.3 Å². The van der Waals surface area contributed by atoms with Crippen molar-refractivity contribution in [1.29, 1.82) is 0 Å². The molecule has 0 saturated heterocycles. The van der Waals surface area contributed by atoms with E-state index in [1.165, 1.54) is 43.7 Å². The van der Waals surface area contributed by atoms with Crippen molar-refractivity contribution in [2.24, 2.45) is 5.92 Å². The van der Waals surface area contributed by atoms with Crippen LogP contribution in [0, 0.1) is 5.92 Å². The number of aromatic amines is 1. The Balaban J connectivity index is 1.28. The van der Waals surface area contributed by atoms with Gasteiger partial charge in [-0.3, -0.25) is 4.79 Å². The van der Waals surface area contributed by atoms with Crippen LogP contribution in [-0.4, -0.2) is 38.7 Å². The van der Waals surface area contributed by atoms with Crippen molar-refractivity contribution >= 4 is 16.7 Å². The summed E-state index contributed by atoms with van der Waals surface area (Å²) >= 11 is 0. The van der Waals surface area contributed by atoms with Crippen molar-refractivity contribution in [2.45, 2.75) is 77.0 Å². The first-order valence-electron chi connectivity index (χ1n) is 12.9. The summed E-state index contributed by atoms with van der Waals surface area (Å²) in [5.74, 6) is 1.05. The number of hydrogen-bond donors (Lipinski definition) is 5. The van der Waals surface area contributed by atoms with Crippen LogP contribution in [0.2, 0.25) is 0 Å². The molecule has 0 radical (unpaired) electrons. The molecule has 188 valence electrons. The number of carbonyl (C=O) groups excluding carboxylic acids is 1. The highest BCUT2D eigenvalue weighted by atomic mass is 16.3. The van der Waals surface area contributed by atoms with Crippen LogP contribution in [0.4, 0.5) is 0 Å². The maximum absolute atomic E-state index is 12.7. The van der Waals surface area contributed by atoms with E-state index in [0.29, 0.717) is 29.8 Å². The van der Waals surface area contributed by atoms with Gasteiger partial charge >= 0.3 is 0 Å². The number of fused-ring (bicyclic) bond motifs is 1. The van der Waals surface area contributed by atoms with Gasteiger partial charge in [0.1, 0.15) is 5.75 Å². The minimum atomic E-state index is -0.738. The van der Waals surface area contributed by atoms with Gasteiger partial charge in [0, 0.05) is 35.5 Å². The summed E-state index contributed by atoms with van der Waals surface area (Å²) in [4.78, 5) is 16.0. The molecule has 5 N–H and O–H groups in total. The molecule has 1 aliphatic carbocycles. The summed E-state index contributed by atoms with van der Waals surface area (Å²) in [7, 11) is 0.